The van der Waals surface area contributed by atoms with Gasteiger partial charge in [0.25, 0.3) is 5.91 Å². The molecule has 6 nitrogen and oxygen atoms in total. The van der Waals surface area contributed by atoms with Crippen LogP contribution in [0.25, 0.3) is 0 Å². The van der Waals surface area contributed by atoms with Crippen LogP contribution in [0.2, 0.25) is 0 Å². The molecule has 0 saturated carbocycles. The summed E-state index contributed by atoms with van der Waals surface area (Å²) < 4.78 is 5.34. The Morgan fingerprint density at radius 3 is 2.67 bits per heavy atom. The number of fused-ring (bicyclic) bond motifs is 1. The highest BCUT2D eigenvalue weighted by atomic mass is 16.6. The Hall–Kier alpha value is -3.15. The molecule has 0 fully saturated rings. The predicted octanol–water partition coefficient (Wildman–Crippen LogP) is 2.50. The molecule has 1 heterocycles. The molecule has 1 amide bonds. The van der Waals surface area contributed by atoms with Gasteiger partial charge in [0.15, 0.2) is 5.60 Å². The van der Waals surface area contributed by atoms with Gasteiger partial charge in [0, 0.05) is 12.1 Å². The van der Waals surface area contributed by atoms with Crippen LogP contribution in [0.1, 0.15) is 33.2 Å². The van der Waals surface area contributed by atoms with Gasteiger partial charge in [-0.15, -0.1) is 0 Å². The van der Waals surface area contributed by atoms with Crippen molar-refractivity contribution in [1.82, 2.24) is 0 Å². The fraction of sp³-hybridized carbons (Fsp3) is 0.167. The van der Waals surface area contributed by atoms with Crippen LogP contribution in [0.3, 0.4) is 0 Å². The zero-order chi connectivity index (χ0) is 17.3. The zero-order valence-corrected chi connectivity index (χ0v) is 12.9. The number of carbonyl (C=O) groups is 3. The summed E-state index contributed by atoms with van der Waals surface area (Å²) in [5.41, 5.74) is 0.228. The first kappa shape index (κ1) is 15.7. The number of nitrogens with one attached hydrogen (secondary N) is 1. The van der Waals surface area contributed by atoms with E-state index >= 15 is 0 Å². The van der Waals surface area contributed by atoms with Crippen molar-refractivity contribution in [2.45, 2.75) is 18.9 Å². The molecule has 1 aliphatic heterocycles. The van der Waals surface area contributed by atoms with E-state index < -0.39 is 23.4 Å². The molecule has 2 aromatic carbocycles. The average Bonchev–Trinajstić information content (AvgIpc) is 2.55. The first-order valence-corrected chi connectivity index (χ1v) is 7.35. The van der Waals surface area contributed by atoms with Crippen LogP contribution in [0.4, 0.5) is 5.69 Å². The van der Waals surface area contributed by atoms with E-state index in [0.717, 1.165) is 5.56 Å². The van der Waals surface area contributed by atoms with Crippen molar-refractivity contribution in [2.24, 2.45) is 0 Å². The number of benzene rings is 2. The standard InChI is InChI=1S/C18H15NO5/c1-18(10-12-5-2-3-8-14(12)16(22)24-18)17(23)19-13-7-4-6-11(9-13)15(20)21/h2-9H,10H2,1H3,(H,19,23)(H,20,21). The topological polar surface area (TPSA) is 92.7 Å². The molecule has 0 bridgehead atoms. The summed E-state index contributed by atoms with van der Waals surface area (Å²) in [7, 11) is 0. The third-order valence-electron chi connectivity index (χ3n) is 3.93. The number of hydrogen-bond acceptors (Lipinski definition) is 4. The molecular weight excluding hydrogens is 310 g/mol. The number of carboxylic acids is 1. The number of carbonyl (C=O) groups excluding carboxylic acids is 2. The second-order valence-electron chi connectivity index (χ2n) is 5.79. The fourth-order valence-electron chi connectivity index (χ4n) is 2.65. The van der Waals surface area contributed by atoms with Crippen LogP contribution < -0.4 is 5.32 Å². The largest absolute Gasteiger partial charge is 0.478 e. The van der Waals surface area contributed by atoms with Crippen molar-refractivity contribution in [3.05, 3.63) is 65.2 Å². The minimum Gasteiger partial charge on any atom is -0.478 e. The molecule has 0 saturated heterocycles. The van der Waals surface area contributed by atoms with Crippen LogP contribution in [-0.4, -0.2) is 28.6 Å². The number of hydrogen-bond donors (Lipinski definition) is 2. The maximum atomic E-state index is 12.6. The summed E-state index contributed by atoms with van der Waals surface area (Å²) in [6, 6.07) is 12.9. The van der Waals surface area contributed by atoms with Crippen molar-refractivity contribution < 1.29 is 24.2 Å². The maximum Gasteiger partial charge on any atom is 0.339 e. The van der Waals surface area contributed by atoms with Crippen molar-refractivity contribution in [3.63, 3.8) is 0 Å². The van der Waals surface area contributed by atoms with Gasteiger partial charge >= 0.3 is 11.9 Å². The van der Waals surface area contributed by atoms with Gasteiger partial charge in [0.1, 0.15) is 0 Å². The van der Waals surface area contributed by atoms with Crippen molar-refractivity contribution in [2.75, 3.05) is 5.32 Å². The van der Waals surface area contributed by atoms with Crippen molar-refractivity contribution in [1.29, 1.82) is 0 Å². The lowest BCUT2D eigenvalue weighted by Gasteiger charge is -2.33. The Balaban J connectivity index is 1.84. The van der Waals surface area contributed by atoms with Crippen LogP contribution in [0.5, 0.6) is 0 Å². The Labute approximate surface area is 138 Å². The third-order valence-corrected chi connectivity index (χ3v) is 3.93. The summed E-state index contributed by atoms with van der Waals surface area (Å²) in [5, 5.41) is 11.6. The van der Waals surface area contributed by atoms with Gasteiger partial charge in [0.2, 0.25) is 0 Å². The number of carboxylic acid groups (broad SMARTS) is 1. The number of aromatic carboxylic acids is 1. The lowest BCUT2D eigenvalue weighted by molar-refractivity contribution is -0.134. The summed E-state index contributed by atoms with van der Waals surface area (Å²) in [5.74, 6) is -2.14. The van der Waals surface area contributed by atoms with Gasteiger partial charge in [-0.2, -0.15) is 0 Å². The average molecular weight is 325 g/mol. The normalized spacial score (nSPS) is 19.1. The van der Waals surface area contributed by atoms with E-state index in [2.05, 4.69) is 5.32 Å². The molecule has 6 heteroatoms. The number of anilines is 1. The summed E-state index contributed by atoms with van der Waals surface area (Å²) in [6.45, 7) is 1.54. The van der Waals surface area contributed by atoms with E-state index in [1.54, 1.807) is 30.3 Å². The van der Waals surface area contributed by atoms with E-state index in [9.17, 15) is 14.4 Å². The van der Waals surface area contributed by atoms with Gasteiger partial charge in [-0.25, -0.2) is 9.59 Å². The quantitative estimate of drug-likeness (QED) is 0.846. The van der Waals surface area contributed by atoms with Crippen molar-refractivity contribution in [3.8, 4) is 0 Å². The van der Waals surface area contributed by atoms with Crippen LogP contribution in [0.15, 0.2) is 48.5 Å². The molecule has 0 aliphatic carbocycles. The smallest absolute Gasteiger partial charge is 0.339 e. The molecule has 3 rings (SSSR count). The second kappa shape index (κ2) is 5.81. The van der Waals surface area contributed by atoms with E-state index in [1.807, 2.05) is 0 Å². The highest BCUT2D eigenvalue weighted by Gasteiger charge is 2.42. The van der Waals surface area contributed by atoms with Gasteiger partial charge < -0.3 is 15.2 Å². The molecule has 0 aromatic heterocycles. The van der Waals surface area contributed by atoms with Gasteiger partial charge in [-0.3, -0.25) is 4.79 Å². The van der Waals surface area contributed by atoms with Crippen molar-refractivity contribution >= 4 is 23.5 Å². The molecule has 24 heavy (non-hydrogen) atoms. The summed E-state index contributed by atoms with van der Waals surface area (Å²) in [6.07, 6.45) is 0.249. The first-order valence-electron chi connectivity index (χ1n) is 7.35. The number of ether oxygens (including phenoxy) is 1. The first-order chi connectivity index (χ1) is 11.4. The number of cyclic esters (lactones) is 1. The van der Waals surface area contributed by atoms with E-state index in [0.29, 0.717) is 11.3 Å². The number of esters is 1. The molecule has 1 atom stereocenters. The minimum absolute atomic E-state index is 0.0592. The van der Waals surface area contributed by atoms with E-state index in [4.69, 9.17) is 9.84 Å². The maximum absolute atomic E-state index is 12.6. The molecule has 0 radical (unpaired) electrons. The monoisotopic (exact) mass is 325 g/mol. The molecule has 122 valence electrons. The Morgan fingerprint density at radius 1 is 1.17 bits per heavy atom. The van der Waals surface area contributed by atoms with E-state index in [-0.39, 0.29) is 12.0 Å². The molecule has 1 aliphatic rings. The van der Waals surface area contributed by atoms with Crippen LogP contribution >= 0.6 is 0 Å². The molecule has 0 spiro atoms. The second-order valence-corrected chi connectivity index (χ2v) is 5.79. The van der Waals surface area contributed by atoms with Gasteiger partial charge in [0.05, 0.1) is 11.1 Å². The lowest BCUT2D eigenvalue weighted by Crippen LogP contribution is -2.48. The fourth-order valence-corrected chi connectivity index (χ4v) is 2.65. The number of amides is 1. The lowest BCUT2D eigenvalue weighted by atomic mass is 9.89. The zero-order valence-electron chi connectivity index (χ0n) is 12.9. The number of rotatable bonds is 3. The Kier molecular flexibility index (Phi) is 3.81. The van der Waals surface area contributed by atoms with E-state index in [1.165, 1.54) is 25.1 Å². The highest BCUT2D eigenvalue weighted by molar-refractivity contribution is 6.03. The van der Waals surface area contributed by atoms with Gasteiger partial charge in [-0.1, -0.05) is 24.3 Å². The van der Waals surface area contributed by atoms with Gasteiger partial charge in [-0.05, 0) is 36.8 Å². The van der Waals surface area contributed by atoms with Crippen LogP contribution in [-0.2, 0) is 16.0 Å². The minimum atomic E-state index is -1.36. The SMILES string of the molecule is CC1(C(=O)Nc2cccc(C(=O)O)c2)Cc2ccccc2C(=O)O1. The Morgan fingerprint density at radius 2 is 1.92 bits per heavy atom. The molecular formula is C18H15NO5. The Bertz CT molecular complexity index is 845. The summed E-state index contributed by atoms with van der Waals surface area (Å²) in [4.78, 5) is 35.7. The van der Waals surface area contributed by atoms with Crippen LogP contribution in [0, 0.1) is 0 Å². The molecule has 2 aromatic rings. The molecule has 2 N–H and O–H groups in total. The third kappa shape index (κ3) is 2.86. The highest BCUT2D eigenvalue weighted by Crippen LogP contribution is 2.29. The predicted molar refractivity (Wildman–Crippen MR) is 86.0 cm³/mol. The molecule has 1 unspecified atom stereocenters. The summed E-state index contributed by atoms with van der Waals surface area (Å²) >= 11 is 0.